The Morgan fingerprint density at radius 2 is 1.86 bits per heavy atom. The van der Waals surface area contributed by atoms with Gasteiger partial charge in [-0.2, -0.15) is 8.78 Å². The van der Waals surface area contributed by atoms with E-state index in [1.807, 2.05) is 0 Å². The summed E-state index contributed by atoms with van der Waals surface area (Å²) in [6.07, 6.45) is 0. The highest BCUT2D eigenvalue weighted by Gasteiger charge is 2.50. The van der Waals surface area contributed by atoms with E-state index in [0.29, 0.717) is 0 Å². The SMILES string of the molecule is CC(C)(C)[S@](=O)N[C@@H](c1ccc(Cl)cc1Cl)C(F)(F)C(=O)O. The van der Waals surface area contributed by atoms with Crippen molar-refractivity contribution in [3.05, 3.63) is 33.8 Å². The molecule has 0 fully saturated rings. The van der Waals surface area contributed by atoms with Gasteiger partial charge < -0.3 is 5.11 Å². The van der Waals surface area contributed by atoms with Crippen molar-refractivity contribution in [3.8, 4) is 0 Å². The highest BCUT2D eigenvalue weighted by Crippen LogP contribution is 2.37. The number of hydrogen-bond acceptors (Lipinski definition) is 2. The Morgan fingerprint density at radius 1 is 1.32 bits per heavy atom. The fourth-order valence-corrected chi connectivity index (χ4v) is 2.84. The van der Waals surface area contributed by atoms with Gasteiger partial charge in [0, 0.05) is 10.0 Å². The topological polar surface area (TPSA) is 66.4 Å². The Balaban J connectivity index is 3.35. The molecule has 0 aliphatic heterocycles. The van der Waals surface area contributed by atoms with Gasteiger partial charge in [0.1, 0.15) is 6.04 Å². The van der Waals surface area contributed by atoms with Crippen LogP contribution in [0.1, 0.15) is 32.4 Å². The predicted molar refractivity (Wildman–Crippen MR) is 82.8 cm³/mol. The van der Waals surface area contributed by atoms with Crippen LogP contribution in [-0.4, -0.2) is 26.0 Å². The van der Waals surface area contributed by atoms with Gasteiger partial charge in [-0.15, -0.1) is 0 Å². The molecule has 0 saturated heterocycles. The number of hydrogen-bond donors (Lipinski definition) is 2. The summed E-state index contributed by atoms with van der Waals surface area (Å²) in [5.41, 5.74) is -0.198. The van der Waals surface area contributed by atoms with Crippen LogP contribution >= 0.6 is 23.2 Å². The molecule has 0 spiro atoms. The Morgan fingerprint density at radius 3 is 2.27 bits per heavy atom. The van der Waals surface area contributed by atoms with Gasteiger partial charge in [0.05, 0.1) is 15.7 Å². The van der Waals surface area contributed by atoms with Crippen molar-refractivity contribution in [3.63, 3.8) is 0 Å². The van der Waals surface area contributed by atoms with Gasteiger partial charge >= 0.3 is 11.9 Å². The third-order valence-electron chi connectivity index (χ3n) is 2.70. The summed E-state index contributed by atoms with van der Waals surface area (Å²) in [7, 11) is -1.93. The highest BCUT2D eigenvalue weighted by atomic mass is 35.5. The number of carboxylic acids is 1. The average molecular weight is 374 g/mol. The third-order valence-corrected chi connectivity index (χ3v) is 4.83. The molecular weight excluding hydrogens is 359 g/mol. The lowest BCUT2D eigenvalue weighted by Gasteiger charge is -2.28. The lowest BCUT2D eigenvalue weighted by molar-refractivity contribution is -0.168. The van der Waals surface area contributed by atoms with Crippen LogP contribution in [-0.2, 0) is 15.8 Å². The largest absolute Gasteiger partial charge is 0.477 e. The van der Waals surface area contributed by atoms with Crippen molar-refractivity contribution in [1.29, 1.82) is 0 Å². The number of halogens is 4. The van der Waals surface area contributed by atoms with Crippen molar-refractivity contribution in [2.24, 2.45) is 0 Å². The maximum absolute atomic E-state index is 14.0. The number of carboxylic acid groups (broad SMARTS) is 1. The van der Waals surface area contributed by atoms with Gasteiger partial charge in [0.2, 0.25) is 0 Å². The van der Waals surface area contributed by atoms with Crippen LogP contribution in [0.25, 0.3) is 0 Å². The fraction of sp³-hybridized carbons (Fsp3) is 0.462. The molecule has 0 unspecified atom stereocenters. The lowest BCUT2D eigenvalue weighted by atomic mass is 10.0. The molecule has 0 radical (unpaired) electrons. The Hall–Kier alpha value is -0.760. The first-order valence-corrected chi connectivity index (χ1v) is 8.02. The summed E-state index contributed by atoms with van der Waals surface area (Å²) in [6, 6.07) is 1.63. The standard InChI is InChI=1S/C13H15Cl2F2NO3S/c1-12(2,3)22(21)18-10(13(16,17)11(19)20)8-5-4-7(14)6-9(8)15/h4-6,10,18H,1-3H3,(H,19,20)/t10-,22-/m0/s1. The van der Waals surface area contributed by atoms with Crippen LogP contribution in [0, 0.1) is 0 Å². The second-order valence-electron chi connectivity index (χ2n) is 5.53. The molecule has 9 heteroatoms. The number of aliphatic carboxylic acids is 1. The van der Waals surface area contributed by atoms with Crippen LogP contribution < -0.4 is 4.72 Å². The van der Waals surface area contributed by atoms with E-state index in [-0.39, 0.29) is 15.6 Å². The van der Waals surface area contributed by atoms with Gasteiger partial charge in [-0.1, -0.05) is 29.3 Å². The summed E-state index contributed by atoms with van der Waals surface area (Å²) in [4.78, 5) is 10.9. The van der Waals surface area contributed by atoms with Crippen molar-refractivity contribution < 1.29 is 22.9 Å². The summed E-state index contributed by atoms with van der Waals surface area (Å²) < 4.78 is 41.5. The molecule has 0 amide bonds. The first-order valence-electron chi connectivity index (χ1n) is 6.11. The van der Waals surface area contributed by atoms with E-state index in [9.17, 15) is 17.8 Å². The van der Waals surface area contributed by atoms with E-state index in [2.05, 4.69) is 4.72 Å². The molecule has 0 saturated carbocycles. The van der Waals surface area contributed by atoms with E-state index < -0.39 is 33.7 Å². The van der Waals surface area contributed by atoms with Gasteiger partial charge in [-0.05, 0) is 38.5 Å². The van der Waals surface area contributed by atoms with Crippen LogP contribution in [0.2, 0.25) is 10.0 Å². The summed E-state index contributed by atoms with van der Waals surface area (Å²) >= 11 is 11.6. The molecule has 2 N–H and O–H groups in total. The normalized spacial score (nSPS) is 15.4. The summed E-state index contributed by atoms with van der Waals surface area (Å²) in [6.45, 7) is 4.70. The van der Waals surface area contributed by atoms with E-state index in [4.69, 9.17) is 28.3 Å². The number of nitrogens with one attached hydrogen (secondary N) is 1. The zero-order valence-electron chi connectivity index (χ0n) is 12.0. The molecule has 0 heterocycles. The first-order chi connectivity index (χ1) is 9.87. The van der Waals surface area contributed by atoms with Gasteiger partial charge in [0.25, 0.3) is 0 Å². The van der Waals surface area contributed by atoms with Crippen molar-refractivity contribution in [2.75, 3.05) is 0 Å². The minimum absolute atomic E-state index is 0.142. The van der Waals surface area contributed by atoms with Crippen LogP contribution in [0.4, 0.5) is 8.78 Å². The molecule has 2 atom stereocenters. The van der Waals surface area contributed by atoms with Crippen LogP contribution in [0.3, 0.4) is 0 Å². The van der Waals surface area contributed by atoms with E-state index >= 15 is 0 Å². The first kappa shape index (κ1) is 19.3. The Bertz CT molecular complexity index is 605. The monoisotopic (exact) mass is 373 g/mol. The summed E-state index contributed by atoms with van der Waals surface area (Å²) in [5.74, 6) is -6.56. The third kappa shape index (κ3) is 4.38. The highest BCUT2D eigenvalue weighted by molar-refractivity contribution is 7.84. The van der Waals surface area contributed by atoms with Crippen molar-refractivity contribution >= 4 is 40.2 Å². The fourth-order valence-electron chi connectivity index (χ4n) is 1.48. The molecule has 0 aliphatic rings. The average Bonchev–Trinajstić information content (AvgIpc) is 2.34. The second kappa shape index (κ2) is 6.78. The molecule has 1 aromatic rings. The molecule has 124 valence electrons. The number of rotatable bonds is 5. The molecule has 1 rings (SSSR count). The van der Waals surface area contributed by atoms with Crippen molar-refractivity contribution in [1.82, 2.24) is 4.72 Å². The van der Waals surface area contributed by atoms with E-state index in [0.717, 1.165) is 0 Å². The van der Waals surface area contributed by atoms with E-state index in [1.54, 1.807) is 20.8 Å². The van der Waals surface area contributed by atoms with Gasteiger partial charge in [-0.3, -0.25) is 0 Å². The number of carbonyl (C=O) groups is 1. The lowest BCUT2D eigenvalue weighted by Crippen LogP contribution is -2.47. The molecular formula is C13H15Cl2F2NO3S. The molecule has 1 aromatic carbocycles. The molecule has 0 bridgehead atoms. The molecule has 0 aliphatic carbocycles. The van der Waals surface area contributed by atoms with Crippen LogP contribution in [0.15, 0.2) is 18.2 Å². The molecule has 4 nitrogen and oxygen atoms in total. The Labute approximate surface area is 139 Å². The maximum atomic E-state index is 14.0. The van der Waals surface area contributed by atoms with E-state index in [1.165, 1.54) is 18.2 Å². The zero-order chi connectivity index (χ0) is 17.3. The molecule has 22 heavy (non-hydrogen) atoms. The second-order valence-corrected chi connectivity index (χ2v) is 8.37. The number of alkyl halides is 2. The van der Waals surface area contributed by atoms with Crippen molar-refractivity contribution in [2.45, 2.75) is 37.5 Å². The number of benzene rings is 1. The molecule has 0 aromatic heterocycles. The zero-order valence-corrected chi connectivity index (χ0v) is 14.3. The van der Waals surface area contributed by atoms with Gasteiger partial charge in [-0.25, -0.2) is 13.7 Å². The minimum Gasteiger partial charge on any atom is -0.477 e. The van der Waals surface area contributed by atoms with Gasteiger partial charge in [0.15, 0.2) is 0 Å². The maximum Gasteiger partial charge on any atom is 0.376 e. The minimum atomic E-state index is -4.21. The quantitative estimate of drug-likeness (QED) is 0.824. The van der Waals surface area contributed by atoms with Crippen LogP contribution in [0.5, 0.6) is 0 Å². The summed E-state index contributed by atoms with van der Waals surface area (Å²) in [5, 5.41) is 8.85. The smallest absolute Gasteiger partial charge is 0.376 e. The predicted octanol–water partition coefficient (Wildman–Crippen LogP) is 3.81. The Kier molecular flexibility index (Phi) is 5.94.